The lowest BCUT2D eigenvalue weighted by molar-refractivity contribution is 0.422. The Hall–Kier alpha value is -2.35. The third kappa shape index (κ3) is 4.73. The van der Waals surface area contributed by atoms with E-state index in [1.165, 1.54) is 18.4 Å². The molecular weight excluding hydrogens is 463 g/mol. The second kappa shape index (κ2) is 9.23. The Morgan fingerprint density at radius 1 is 1.04 bits per heavy atom. The molecule has 0 radical (unpaired) electrons. The molecule has 1 fully saturated rings. The van der Waals surface area contributed by atoms with Crippen LogP contribution in [0.15, 0.2) is 76.2 Å². The quantitative estimate of drug-likeness (QED) is 0.308. The molecule has 4 rings (SSSR count). The maximum atomic E-state index is 5.45. The van der Waals surface area contributed by atoms with Crippen LogP contribution in [0.5, 0.6) is 0 Å². The predicted octanol–water partition coefficient (Wildman–Crippen LogP) is 4.36. The normalized spacial score (nSPS) is 14.8. The minimum absolute atomic E-state index is 0. The van der Waals surface area contributed by atoms with Crippen LogP contribution in [0.1, 0.15) is 24.1 Å². The SMILES string of the molecule is CN=C(NCc1cc(-c2ccccc2)on1)NCC1(c2ccccc2)CC1.I. The van der Waals surface area contributed by atoms with Crippen molar-refractivity contribution >= 4 is 29.9 Å². The summed E-state index contributed by atoms with van der Waals surface area (Å²) in [6.07, 6.45) is 2.43. The number of hydrogen-bond acceptors (Lipinski definition) is 3. The molecule has 0 spiro atoms. The van der Waals surface area contributed by atoms with E-state index in [9.17, 15) is 0 Å². The Morgan fingerprint density at radius 2 is 1.71 bits per heavy atom. The number of guanidine groups is 1. The van der Waals surface area contributed by atoms with Crippen molar-refractivity contribution in [3.63, 3.8) is 0 Å². The minimum Gasteiger partial charge on any atom is -0.356 e. The average molecular weight is 488 g/mol. The third-order valence-electron chi connectivity index (χ3n) is 5.11. The number of aliphatic imine (C=N–C) groups is 1. The monoisotopic (exact) mass is 488 g/mol. The topological polar surface area (TPSA) is 62.5 Å². The first-order valence-corrected chi connectivity index (χ1v) is 9.30. The molecule has 0 amide bonds. The first-order chi connectivity index (χ1) is 13.3. The Balaban J connectivity index is 0.00000225. The number of benzene rings is 2. The Kier molecular flexibility index (Phi) is 6.72. The molecule has 0 unspecified atom stereocenters. The average Bonchev–Trinajstić information content (AvgIpc) is 3.38. The van der Waals surface area contributed by atoms with E-state index in [0.29, 0.717) is 6.54 Å². The highest BCUT2D eigenvalue weighted by molar-refractivity contribution is 14.0. The van der Waals surface area contributed by atoms with Gasteiger partial charge in [-0.2, -0.15) is 0 Å². The number of hydrogen-bond donors (Lipinski definition) is 2. The van der Waals surface area contributed by atoms with Gasteiger partial charge in [0.25, 0.3) is 0 Å². The van der Waals surface area contributed by atoms with Crippen molar-refractivity contribution in [1.82, 2.24) is 15.8 Å². The zero-order valence-corrected chi connectivity index (χ0v) is 18.2. The molecule has 28 heavy (non-hydrogen) atoms. The maximum Gasteiger partial charge on any atom is 0.191 e. The van der Waals surface area contributed by atoms with Gasteiger partial charge >= 0.3 is 0 Å². The number of aromatic nitrogens is 1. The Morgan fingerprint density at radius 3 is 2.36 bits per heavy atom. The van der Waals surface area contributed by atoms with Crippen LogP contribution in [-0.4, -0.2) is 24.7 Å². The molecule has 0 bridgehead atoms. The van der Waals surface area contributed by atoms with Gasteiger partial charge in [-0.05, 0) is 18.4 Å². The first kappa shape index (κ1) is 20.4. The van der Waals surface area contributed by atoms with Crippen molar-refractivity contribution in [2.24, 2.45) is 4.99 Å². The van der Waals surface area contributed by atoms with E-state index in [4.69, 9.17) is 4.52 Å². The second-order valence-electron chi connectivity index (χ2n) is 6.97. The molecule has 1 aliphatic carbocycles. The molecule has 146 valence electrons. The summed E-state index contributed by atoms with van der Waals surface area (Å²) in [4.78, 5) is 4.33. The van der Waals surface area contributed by atoms with Gasteiger partial charge in [-0.25, -0.2) is 0 Å². The lowest BCUT2D eigenvalue weighted by Gasteiger charge is -2.18. The zero-order chi connectivity index (χ0) is 18.5. The van der Waals surface area contributed by atoms with Gasteiger partial charge < -0.3 is 15.2 Å². The lowest BCUT2D eigenvalue weighted by atomic mass is 9.96. The van der Waals surface area contributed by atoms with Gasteiger partial charge in [0.1, 0.15) is 5.69 Å². The highest BCUT2D eigenvalue weighted by atomic mass is 127. The first-order valence-electron chi connectivity index (χ1n) is 9.30. The van der Waals surface area contributed by atoms with Crippen molar-refractivity contribution in [2.75, 3.05) is 13.6 Å². The summed E-state index contributed by atoms with van der Waals surface area (Å²) in [5.41, 5.74) is 3.52. The molecule has 2 aromatic carbocycles. The standard InChI is InChI=1S/C22H24N4O.HI/c1-23-21(25-16-22(12-13-22)18-10-6-3-7-11-18)24-15-19-14-20(27-26-19)17-8-4-2-5-9-17;/h2-11,14H,12-13,15-16H2,1H3,(H2,23,24,25);1H. The lowest BCUT2D eigenvalue weighted by Crippen LogP contribution is -2.40. The van der Waals surface area contributed by atoms with Crippen LogP contribution in [0, 0.1) is 0 Å². The van der Waals surface area contributed by atoms with Crippen LogP contribution in [0.3, 0.4) is 0 Å². The van der Waals surface area contributed by atoms with Gasteiger partial charge in [0, 0.05) is 30.6 Å². The highest BCUT2D eigenvalue weighted by Crippen LogP contribution is 2.47. The summed E-state index contributed by atoms with van der Waals surface area (Å²) in [6.45, 7) is 1.44. The molecule has 0 atom stereocenters. The van der Waals surface area contributed by atoms with E-state index in [0.717, 1.165) is 29.5 Å². The predicted molar refractivity (Wildman–Crippen MR) is 123 cm³/mol. The fraction of sp³-hybridized carbons (Fsp3) is 0.273. The second-order valence-corrected chi connectivity index (χ2v) is 6.97. The van der Waals surface area contributed by atoms with Crippen molar-refractivity contribution in [3.8, 4) is 11.3 Å². The van der Waals surface area contributed by atoms with Gasteiger partial charge in [0.05, 0.1) is 6.54 Å². The molecule has 0 saturated heterocycles. The number of nitrogens with one attached hydrogen (secondary N) is 2. The van der Waals surface area contributed by atoms with Gasteiger partial charge in [-0.3, -0.25) is 4.99 Å². The molecule has 1 aliphatic rings. The summed E-state index contributed by atoms with van der Waals surface area (Å²) in [5, 5.41) is 10.9. The summed E-state index contributed by atoms with van der Waals surface area (Å²) >= 11 is 0. The molecule has 6 heteroatoms. The van der Waals surface area contributed by atoms with Crippen LogP contribution < -0.4 is 10.6 Å². The van der Waals surface area contributed by atoms with Gasteiger partial charge in [-0.1, -0.05) is 65.8 Å². The van der Waals surface area contributed by atoms with Gasteiger partial charge in [-0.15, -0.1) is 24.0 Å². The van der Waals surface area contributed by atoms with Crippen LogP contribution >= 0.6 is 24.0 Å². The zero-order valence-electron chi connectivity index (χ0n) is 15.9. The molecule has 1 aromatic heterocycles. The Bertz CT molecular complexity index is 905. The molecule has 5 nitrogen and oxygen atoms in total. The van der Waals surface area contributed by atoms with Crippen molar-refractivity contribution in [3.05, 3.63) is 78.0 Å². The molecule has 1 heterocycles. The Labute approximate surface area is 182 Å². The molecule has 2 N–H and O–H groups in total. The van der Waals surface area contributed by atoms with Crippen LogP contribution in [0.2, 0.25) is 0 Å². The van der Waals surface area contributed by atoms with E-state index < -0.39 is 0 Å². The largest absolute Gasteiger partial charge is 0.356 e. The smallest absolute Gasteiger partial charge is 0.191 e. The molecule has 3 aromatic rings. The highest BCUT2D eigenvalue weighted by Gasteiger charge is 2.43. The number of halogens is 1. The van der Waals surface area contributed by atoms with Gasteiger partial charge in [0.2, 0.25) is 0 Å². The summed E-state index contributed by atoms with van der Waals surface area (Å²) in [5.74, 6) is 1.55. The molecule has 1 saturated carbocycles. The van der Waals surface area contributed by atoms with Crippen molar-refractivity contribution in [2.45, 2.75) is 24.8 Å². The number of nitrogens with zero attached hydrogens (tertiary/aromatic N) is 2. The van der Waals surface area contributed by atoms with Gasteiger partial charge in [0.15, 0.2) is 11.7 Å². The van der Waals surface area contributed by atoms with Crippen LogP contribution in [0.25, 0.3) is 11.3 Å². The summed E-state index contributed by atoms with van der Waals surface area (Å²) < 4.78 is 5.45. The van der Waals surface area contributed by atoms with E-state index in [-0.39, 0.29) is 29.4 Å². The number of rotatable bonds is 6. The van der Waals surface area contributed by atoms with E-state index in [2.05, 4.69) is 51.1 Å². The van der Waals surface area contributed by atoms with E-state index >= 15 is 0 Å². The van der Waals surface area contributed by atoms with E-state index in [1.807, 2.05) is 36.4 Å². The summed E-state index contributed by atoms with van der Waals surface area (Å²) in [7, 11) is 1.79. The fourth-order valence-electron chi connectivity index (χ4n) is 3.29. The minimum atomic E-state index is 0. The fourth-order valence-corrected chi connectivity index (χ4v) is 3.29. The van der Waals surface area contributed by atoms with Crippen molar-refractivity contribution < 1.29 is 4.52 Å². The molecule has 0 aliphatic heterocycles. The molecular formula is C22H25IN4O. The summed E-state index contributed by atoms with van der Waals surface area (Å²) in [6, 6.07) is 22.7. The van der Waals surface area contributed by atoms with Crippen molar-refractivity contribution in [1.29, 1.82) is 0 Å². The maximum absolute atomic E-state index is 5.45. The van der Waals surface area contributed by atoms with Crippen LogP contribution in [-0.2, 0) is 12.0 Å². The van der Waals surface area contributed by atoms with Crippen LogP contribution in [0.4, 0.5) is 0 Å². The third-order valence-corrected chi connectivity index (χ3v) is 5.11. The van der Waals surface area contributed by atoms with E-state index in [1.54, 1.807) is 7.05 Å².